The molecule has 0 saturated heterocycles. The van der Waals surface area contributed by atoms with E-state index in [0.717, 1.165) is 6.42 Å². The first-order valence-corrected chi connectivity index (χ1v) is 6.59. The highest BCUT2D eigenvalue weighted by molar-refractivity contribution is 7.85. The highest BCUT2D eigenvalue weighted by Gasteiger charge is 2.27. The van der Waals surface area contributed by atoms with Gasteiger partial charge in [-0.25, -0.2) is 0 Å². The van der Waals surface area contributed by atoms with Gasteiger partial charge in [0.15, 0.2) is 0 Å². The fourth-order valence-corrected chi connectivity index (χ4v) is 2.27. The zero-order chi connectivity index (χ0) is 12.6. The first-order valence-electron chi connectivity index (χ1n) is 5.10. The van der Waals surface area contributed by atoms with Crippen LogP contribution in [0.25, 0.3) is 0 Å². The number of halogens is 3. The van der Waals surface area contributed by atoms with Crippen LogP contribution in [0.1, 0.15) is 19.8 Å². The van der Waals surface area contributed by atoms with E-state index >= 15 is 0 Å². The summed E-state index contributed by atoms with van der Waals surface area (Å²) in [7, 11) is -1.06. The lowest BCUT2D eigenvalue weighted by Gasteiger charge is -2.09. The van der Waals surface area contributed by atoms with E-state index in [9.17, 15) is 17.4 Å². The molecule has 3 nitrogen and oxygen atoms in total. The molecule has 2 unspecified atom stereocenters. The molecule has 0 aromatic carbocycles. The maximum absolute atomic E-state index is 11.7. The molecule has 0 spiro atoms. The van der Waals surface area contributed by atoms with Gasteiger partial charge in [-0.1, -0.05) is 6.92 Å². The van der Waals surface area contributed by atoms with Crippen molar-refractivity contribution < 1.29 is 22.1 Å². The lowest BCUT2D eigenvalue weighted by atomic mass is 10.3. The van der Waals surface area contributed by atoms with Crippen LogP contribution in [-0.4, -0.2) is 41.1 Å². The first-order chi connectivity index (χ1) is 7.35. The summed E-state index contributed by atoms with van der Waals surface area (Å²) in [5.41, 5.74) is 5.59. The van der Waals surface area contributed by atoms with Gasteiger partial charge in [0.05, 0.1) is 0 Å². The molecule has 0 aromatic rings. The second-order valence-corrected chi connectivity index (χ2v) is 5.12. The molecule has 0 aliphatic heterocycles. The second-order valence-electron chi connectivity index (χ2n) is 3.50. The smallest absolute Gasteiger partial charge is 0.372 e. The molecule has 16 heavy (non-hydrogen) atoms. The molecule has 2 N–H and O–H groups in total. The Bertz CT molecular complexity index is 211. The Kier molecular flexibility index (Phi) is 7.96. The van der Waals surface area contributed by atoms with Crippen LogP contribution in [0.2, 0.25) is 0 Å². The number of rotatable bonds is 8. The Labute approximate surface area is 96.0 Å². The molecule has 0 aromatic heterocycles. The second kappa shape index (κ2) is 8.03. The molecule has 7 heteroatoms. The minimum Gasteiger partial charge on any atom is -0.372 e. The molecule has 0 aliphatic carbocycles. The lowest BCUT2D eigenvalue weighted by molar-refractivity contribution is -0.173. The summed E-state index contributed by atoms with van der Waals surface area (Å²) in [6, 6.07) is -0.100. The van der Waals surface area contributed by atoms with Gasteiger partial charge in [0, 0.05) is 35.0 Å². The van der Waals surface area contributed by atoms with Crippen molar-refractivity contribution in [3.05, 3.63) is 0 Å². The van der Waals surface area contributed by atoms with Crippen LogP contribution >= 0.6 is 0 Å². The molecule has 98 valence electrons. The summed E-state index contributed by atoms with van der Waals surface area (Å²) in [6.07, 6.45) is -3.18. The molecule has 0 bridgehead atoms. The van der Waals surface area contributed by atoms with Gasteiger partial charge < -0.3 is 10.5 Å². The van der Waals surface area contributed by atoms with Crippen molar-refractivity contribution in [2.24, 2.45) is 5.73 Å². The zero-order valence-corrected chi connectivity index (χ0v) is 10.1. The van der Waals surface area contributed by atoms with Gasteiger partial charge in [0.2, 0.25) is 0 Å². The van der Waals surface area contributed by atoms with Crippen LogP contribution in [0.4, 0.5) is 13.2 Å². The van der Waals surface area contributed by atoms with Gasteiger partial charge in [-0.2, -0.15) is 13.2 Å². The summed E-state index contributed by atoms with van der Waals surface area (Å²) in [4.78, 5) is 0. The summed E-state index contributed by atoms with van der Waals surface area (Å²) in [6.45, 7) is 0.634. The average Bonchev–Trinajstić information content (AvgIpc) is 2.15. The van der Waals surface area contributed by atoms with Gasteiger partial charge in [0.1, 0.15) is 6.61 Å². The molecule has 0 radical (unpaired) electrons. The highest BCUT2D eigenvalue weighted by Crippen LogP contribution is 2.14. The van der Waals surface area contributed by atoms with Crippen LogP contribution in [0.3, 0.4) is 0 Å². The number of hydrogen-bond acceptors (Lipinski definition) is 3. The lowest BCUT2D eigenvalue weighted by Crippen LogP contribution is -2.27. The fraction of sp³-hybridized carbons (Fsp3) is 1.00. The third-order valence-electron chi connectivity index (χ3n) is 1.85. The van der Waals surface area contributed by atoms with Crippen molar-refractivity contribution in [2.75, 3.05) is 24.7 Å². The molecular formula is C9H18F3NO2S. The molecule has 0 amide bonds. The standard InChI is InChI=1S/C9H18F3NO2S/c1-2-8(13)6-16(14)5-3-4-15-7-9(10,11)12/h8H,2-7,13H2,1H3. The third kappa shape index (κ3) is 10.4. The third-order valence-corrected chi connectivity index (χ3v) is 3.39. The van der Waals surface area contributed by atoms with Crippen molar-refractivity contribution in [1.29, 1.82) is 0 Å². The SMILES string of the molecule is CCC(N)CS(=O)CCCOCC(F)(F)F. The van der Waals surface area contributed by atoms with E-state index in [2.05, 4.69) is 4.74 Å². The minimum absolute atomic E-state index is 0.0212. The van der Waals surface area contributed by atoms with E-state index in [4.69, 9.17) is 5.73 Å². The zero-order valence-electron chi connectivity index (χ0n) is 9.26. The summed E-state index contributed by atoms with van der Waals surface area (Å²) < 4.78 is 50.7. The van der Waals surface area contributed by atoms with Crippen molar-refractivity contribution in [3.8, 4) is 0 Å². The maximum atomic E-state index is 11.7. The van der Waals surface area contributed by atoms with Crippen LogP contribution in [-0.2, 0) is 15.5 Å². The van der Waals surface area contributed by atoms with Gasteiger partial charge in [-0.05, 0) is 12.8 Å². The van der Waals surface area contributed by atoms with Crippen molar-refractivity contribution in [2.45, 2.75) is 32.0 Å². The van der Waals surface area contributed by atoms with E-state index in [-0.39, 0.29) is 12.6 Å². The highest BCUT2D eigenvalue weighted by atomic mass is 32.2. The normalized spacial score (nSPS) is 16.1. The van der Waals surface area contributed by atoms with Gasteiger partial charge in [0.25, 0.3) is 0 Å². The monoisotopic (exact) mass is 261 g/mol. The van der Waals surface area contributed by atoms with E-state index in [1.54, 1.807) is 0 Å². The molecule has 0 rings (SSSR count). The predicted molar refractivity (Wildman–Crippen MR) is 57.6 cm³/mol. The number of hydrogen-bond donors (Lipinski definition) is 1. The summed E-state index contributed by atoms with van der Waals surface area (Å²) in [5.74, 6) is 0.737. The molecule has 0 saturated carbocycles. The van der Waals surface area contributed by atoms with Gasteiger partial charge in [-0.3, -0.25) is 4.21 Å². The summed E-state index contributed by atoms with van der Waals surface area (Å²) >= 11 is 0. The summed E-state index contributed by atoms with van der Waals surface area (Å²) in [5, 5.41) is 0. The van der Waals surface area contributed by atoms with Crippen LogP contribution < -0.4 is 5.73 Å². The fourth-order valence-electron chi connectivity index (χ4n) is 0.950. The number of nitrogens with two attached hydrogens (primary N) is 1. The molecule has 0 aliphatic rings. The Morgan fingerprint density at radius 2 is 2.06 bits per heavy atom. The van der Waals surface area contributed by atoms with Gasteiger partial charge in [-0.15, -0.1) is 0 Å². The quantitative estimate of drug-likeness (QED) is 0.673. The van der Waals surface area contributed by atoms with E-state index in [0.29, 0.717) is 17.9 Å². The molecule has 0 fully saturated rings. The average molecular weight is 261 g/mol. The largest absolute Gasteiger partial charge is 0.411 e. The van der Waals surface area contributed by atoms with Crippen molar-refractivity contribution in [1.82, 2.24) is 0 Å². The molecule has 2 atom stereocenters. The molecular weight excluding hydrogens is 243 g/mol. The Hall–Kier alpha value is -0.140. The van der Waals surface area contributed by atoms with Gasteiger partial charge >= 0.3 is 6.18 Å². The Morgan fingerprint density at radius 1 is 1.44 bits per heavy atom. The predicted octanol–water partition coefficient (Wildman–Crippen LogP) is 1.44. The Balaban J connectivity index is 3.42. The minimum atomic E-state index is -4.29. The topological polar surface area (TPSA) is 52.3 Å². The van der Waals surface area contributed by atoms with Crippen molar-refractivity contribution in [3.63, 3.8) is 0 Å². The van der Waals surface area contributed by atoms with E-state index < -0.39 is 23.6 Å². The van der Waals surface area contributed by atoms with Crippen LogP contribution in [0.15, 0.2) is 0 Å². The van der Waals surface area contributed by atoms with Crippen molar-refractivity contribution >= 4 is 10.8 Å². The number of alkyl halides is 3. The van der Waals surface area contributed by atoms with E-state index in [1.807, 2.05) is 6.92 Å². The first kappa shape index (κ1) is 15.9. The Morgan fingerprint density at radius 3 is 2.56 bits per heavy atom. The van der Waals surface area contributed by atoms with E-state index in [1.165, 1.54) is 0 Å². The number of ether oxygens (including phenoxy) is 1. The molecule has 0 heterocycles. The van der Waals surface area contributed by atoms with Crippen LogP contribution in [0, 0.1) is 0 Å². The maximum Gasteiger partial charge on any atom is 0.411 e. The van der Waals surface area contributed by atoms with Crippen LogP contribution in [0.5, 0.6) is 0 Å².